The molecule has 0 saturated carbocycles. The van der Waals surface area contributed by atoms with Crippen LogP contribution in [0.25, 0.3) is 0 Å². The molecule has 1 N–H and O–H groups in total. The Kier molecular flexibility index (Phi) is 6.53. The number of carbonyl (C=O) groups excluding carboxylic acids is 2. The van der Waals surface area contributed by atoms with Gasteiger partial charge in [0.25, 0.3) is 5.91 Å². The number of hydrogen-bond acceptors (Lipinski definition) is 6. The zero-order valence-electron chi connectivity index (χ0n) is 13.6. The maximum absolute atomic E-state index is 11.7. The van der Waals surface area contributed by atoms with E-state index < -0.39 is 18.5 Å². The van der Waals surface area contributed by atoms with Gasteiger partial charge in [-0.2, -0.15) is 5.10 Å². The Labute approximate surface area is 144 Å². The molecule has 1 amide bonds. The molecule has 0 spiro atoms. The second-order valence-corrected chi connectivity index (χ2v) is 5.13. The molecule has 7 nitrogen and oxygen atoms in total. The summed E-state index contributed by atoms with van der Waals surface area (Å²) in [6.07, 6.45) is 1.41. The maximum Gasteiger partial charge on any atom is 0.277 e. The number of benzene rings is 2. The van der Waals surface area contributed by atoms with Gasteiger partial charge in [0.15, 0.2) is 6.61 Å². The highest BCUT2D eigenvalue weighted by Crippen LogP contribution is 2.12. The third-order valence-corrected chi connectivity index (χ3v) is 3.01. The number of nitrogens with one attached hydrogen (secondary N) is 1. The largest absolute Gasteiger partial charge is 0.546 e. The maximum atomic E-state index is 11.7. The molecule has 2 aromatic rings. The quantitative estimate of drug-likeness (QED) is 0.561. The van der Waals surface area contributed by atoms with Gasteiger partial charge >= 0.3 is 0 Å². The predicted octanol–water partition coefficient (Wildman–Crippen LogP) is 0.653. The number of aliphatic carboxylic acids is 1. The molecule has 2 rings (SSSR count). The molecule has 0 aromatic heterocycles. The Morgan fingerprint density at radius 2 is 1.80 bits per heavy atom. The summed E-state index contributed by atoms with van der Waals surface area (Å²) < 4.78 is 10.3. The fraction of sp³-hybridized carbons (Fsp3) is 0.167. The van der Waals surface area contributed by atoms with Crippen LogP contribution in [0.15, 0.2) is 53.6 Å². The number of nitrogens with zero attached hydrogens (tertiary/aromatic N) is 1. The summed E-state index contributed by atoms with van der Waals surface area (Å²) in [6.45, 7) is 1.27. The van der Waals surface area contributed by atoms with Gasteiger partial charge in [0, 0.05) is 0 Å². The molecule has 0 radical (unpaired) electrons. The summed E-state index contributed by atoms with van der Waals surface area (Å²) in [4.78, 5) is 22.0. The molecule has 2 aromatic carbocycles. The number of hydrazone groups is 1. The van der Waals surface area contributed by atoms with Crippen LogP contribution in [-0.4, -0.2) is 31.3 Å². The molecular formula is C18H17N2O5-. The van der Waals surface area contributed by atoms with E-state index >= 15 is 0 Å². The van der Waals surface area contributed by atoms with Crippen molar-refractivity contribution in [2.24, 2.45) is 5.10 Å². The van der Waals surface area contributed by atoms with Crippen LogP contribution in [0.3, 0.4) is 0 Å². The fourth-order valence-electron chi connectivity index (χ4n) is 1.82. The van der Waals surface area contributed by atoms with Crippen molar-refractivity contribution in [2.75, 3.05) is 13.2 Å². The van der Waals surface area contributed by atoms with Crippen molar-refractivity contribution in [2.45, 2.75) is 6.92 Å². The molecule has 0 heterocycles. The smallest absolute Gasteiger partial charge is 0.277 e. The molecule has 0 fully saturated rings. The van der Waals surface area contributed by atoms with E-state index in [1.807, 2.05) is 19.1 Å². The van der Waals surface area contributed by atoms with E-state index in [9.17, 15) is 14.7 Å². The summed E-state index contributed by atoms with van der Waals surface area (Å²) in [5, 5.41) is 14.2. The first-order valence-electron chi connectivity index (χ1n) is 7.47. The standard InChI is InChI=1S/C18H18N2O5/c1-13-5-7-15(8-6-13)24-11-17(21)20-19-10-14-3-2-4-16(9-14)25-12-18(22)23/h2-10H,11-12H2,1H3,(H,20,21)(H,22,23)/p-1/b19-10-. The van der Waals surface area contributed by atoms with E-state index in [0.717, 1.165) is 5.56 Å². The monoisotopic (exact) mass is 341 g/mol. The van der Waals surface area contributed by atoms with Crippen LogP contribution in [0.5, 0.6) is 11.5 Å². The minimum absolute atomic E-state index is 0.158. The molecule has 0 atom stereocenters. The molecule has 0 aliphatic rings. The van der Waals surface area contributed by atoms with Crippen LogP contribution in [0.1, 0.15) is 11.1 Å². The highest BCUT2D eigenvalue weighted by molar-refractivity contribution is 5.83. The molecule has 0 aliphatic carbocycles. The van der Waals surface area contributed by atoms with Crippen molar-refractivity contribution in [3.8, 4) is 11.5 Å². The van der Waals surface area contributed by atoms with Gasteiger partial charge < -0.3 is 19.4 Å². The number of ether oxygens (including phenoxy) is 2. The van der Waals surface area contributed by atoms with Crippen molar-refractivity contribution < 1.29 is 24.2 Å². The Balaban J connectivity index is 1.79. The highest BCUT2D eigenvalue weighted by Gasteiger charge is 2.01. The van der Waals surface area contributed by atoms with E-state index in [0.29, 0.717) is 17.1 Å². The SMILES string of the molecule is Cc1ccc(OCC(=O)N/N=C\c2cccc(OCC(=O)[O-])c2)cc1. The third-order valence-electron chi connectivity index (χ3n) is 3.01. The number of rotatable bonds is 8. The summed E-state index contributed by atoms with van der Waals surface area (Å²) in [5.41, 5.74) is 4.08. The van der Waals surface area contributed by atoms with E-state index in [1.165, 1.54) is 6.21 Å². The average Bonchev–Trinajstić information content (AvgIpc) is 2.60. The number of hydrogen-bond donors (Lipinski definition) is 1. The molecule has 25 heavy (non-hydrogen) atoms. The zero-order chi connectivity index (χ0) is 18.1. The molecule has 0 aliphatic heterocycles. The lowest BCUT2D eigenvalue weighted by Gasteiger charge is -2.07. The van der Waals surface area contributed by atoms with Crippen LogP contribution in [-0.2, 0) is 9.59 Å². The number of carboxylic acid groups (broad SMARTS) is 1. The molecular weight excluding hydrogens is 324 g/mol. The summed E-state index contributed by atoms with van der Waals surface area (Å²) >= 11 is 0. The van der Waals surface area contributed by atoms with Crippen LogP contribution in [0.2, 0.25) is 0 Å². The lowest BCUT2D eigenvalue weighted by Crippen LogP contribution is -2.28. The summed E-state index contributed by atoms with van der Waals surface area (Å²) in [5.74, 6) is -0.745. The van der Waals surface area contributed by atoms with Crippen molar-refractivity contribution in [1.29, 1.82) is 0 Å². The van der Waals surface area contributed by atoms with Crippen molar-refractivity contribution in [3.63, 3.8) is 0 Å². The zero-order valence-corrected chi connectivity index (χ0v) is 13.6. The predicted molar refractivity (Wildman–Crippen MR) is 89.4 cm³/mol. The number of amides is 1. The van der Waals surface area contributed by atoms with Crippen molar-refractivity contribution in [3.05, 3.63) is 59.7 Å². The fourth-order valence-corrected chi connectivity index (χ4v) is 1.82. The highest BCUT2D eigenvalue weighted by atomic mass is 16.5. The molecule has 130 valence electrons. The second-order valence-electron chi connectivity index (χ2n) is 5.13. The second kappa shape index (κ2) is 9.07. The number of carbonyl (C=O) groups is 2. The molecule has 0 unspecified atom stereocenters. The van der Waals surface area contributed by atoms with Crippen LogP contribution in [0.4, 0.5) is 0 Å². The average molecular weight is 341 g/mol. The van der Waals surface area contributed by atoms with Gasteiger partial charge in [0.05, 0.1) is 12.2 Å². The first kappa shape index (κ1) is 18.0. The molecule has 7 heteroatoms. The van der Waals surface area contributed by atoms with Gasteiger partial charge in [-0.1, -0.05) is 29.8 Å². The van der Waals surface area contributed by atoms with Crippen molar-refractivity contribution >= 4 is 18.1 Å². The lowest BCUT2D eigenvalue weighted by atomic mass is 10.2. The topological polar surface area (TPSA) is 100 Å². The number of carboxylic acids is 1. The van der Waals surface area contributed by atoms with Gasteiger partial charge in [-0.05, 0) is 36.8 Å². The van der Waals surface area contributed by atoms with E-state index in [1.54, 1.807) is 36.4 Å². The van der Waals surface area contributed by atoms with Gasteiger partial charge in [0.1, 0.15) is 18.1 Å². The van der Waals surface area contributed by atoms with Crippen LogP contribution in [0, 0.1) is 6.92 Å². The Morgan fingerprint density at radius 3 is 2.52 bits per heavy atom. The first-order valence-corrected chi connectivity index (χ1v) is 7.47. The Hall–Kier alpha value is -3.35. The number of aryl methyl sites for hydroxylation is 1. The minimum Gasteiger partial charge on any atom is -0.546 e. The van der Waals surface area contributed by atoms with E-state index in [4.69, 9.17) is 9.47 Å². The Morgan fingerprint density at radius 1 is 1.08 bits per heavy atom. The summed E-state index contributed by atoms with van der Waals surface area (Å²) in [7, 11) is 0. The van der Waals surface area contributed by atoms with E-state index in [2.05, 4.69) is 10.5 Å². The first-order chi connectivity index (χ1) is 12.0. The van der Waals surface area contributed by atoms with Gasteiger partial charge in [-0.3, -0.25) is 4.79 Å². The Bertz CT molecular complexity index is 756. The van der Waals surface area contributed by atoms with Crippen molar-refractivity contribution in [1.82, 2.24) is 5.43 Å². The summed E-state index contributed by atoms with van der Waals surface area (Å²) in [6, 6.07) is 13.9. The third kappa shape index (κ3) is 6.74. The van der Waals surface area contributed by atoms with Crippen LogP contribution < -0.4 is 20.0 Å². The van der Waals surface area contributed by atoms with Gasteiger partial charge in [0.2, 0.25) is 0 Å². The van der Waals surface area contributed by atoms with Crippen LogP contribution >= 0.6 is 0 Å². The normalized spacial score (nSPS) is 10.4. The van der Waals surface area contributed by atoms with Gasteiger partial charge in [-0.25, -0.2) is 5.43 Å². The lowest BCUT2D eigenvalue weighted by molar-refractivity contribution is -0.307. The van der Waals surface area contributed by atoms with Gasteiger partial charge in [-0.15, -0.1) is 0 Å². The minimum atomic E-state index is -1.31. The molecule has 0 bridgehead atoms. The molecule has 0 saturated heterocycles. The van der Waals surface area contributed by atoms with E-state index in [-0.39, 0.29) is 6.61 Å².